The summed E-state index contributed by atoms with van der Waals surface area (Å²) in [5.74, 6) is -0.608. The van der Waals surface area contributed by atoms with Crippen LogP contribution in [0.15, 0.2) is 40.9 Å². The standard InChI is InChI=1S/C15H13BrFNO/c1-9-5-12(17)8-13(6-9)18-15(19)11-3-4-14(16)10(2)7-11/h3-8H,1-2H3,(H,18,19). The SMILES string of the molecule is Cc1cc(F)cc(NC(=O)c2ccc(Br)c(C)c2)c1. The van der Waals surface area contributed by atoms with Gasteiger partial charge in [0, 0.05) is 15.7 Å². The second-order valence-corrected chi connectivity index (χ2v) is 5.29. The fraction of sp³-hybridized carbons (Fsp3) is 0.133. The fourth-order valence-corrected chi connectivity index (χ4v) is 2.04. The van der Waals surface area contributed by atoms with Crippen LogP contribution in [-0.2, 0) is 0 Å². The Morgan fingerprint density at radius 2 is 1.89 bits per heavy atom. The average Bonchev–Trinajstić information content (AvgIpc) is 2.31. The predicted molar refractivity (Wildman–Crippen MR) is 78.0 cm³/mol. The van der Waals surface area contributed by atoms with Crippen molar-refractivity contribution in [1.29, 1.82) is 0 Å². The Kier molecular flexibility index (Phi) is 4.00. The molecule has 2 aromatic carbocycles. The number of rotatable bonds is 2. The number of anilines is 1. The number of benzene rings is 2. The molecule has 0 fully saturated rings. The van der Waals surface area contributed by atoms with E-state index in [0.29, 0.717) is 11.3 Å². The van der Waals surface area contributed by atoms with Gasteiger partial charge in [-0.2, -0.15) is 0 Å². The highest BCUT2D eigenvalue weighted by atomic mass is 79.9. The molecule has 0 heterocycles. The first-order valence-corrected chi connectivity index (χ1v) is 6.60. The summed E-state index contributed by atoms with van der Waals surface area (Å²) < 4.78 is 14.2. The van der Waals surface area contributed by atoms with Gasteiger partial charge in [-0.3, -0.25) is 4.79 Å². The van der Waals surface area contributed by atoms with E-state index in [1.807, 2.05) is 13.0 Å². The molecule has 0 radical (unpaired) electrons. The minimum absolute atomic E-state index is 0.249. The van der Waals surface area contributed by atoms with Crippen LogP contribution in [0.1, 0.15) is 21.5 Å². The highest BCUT2D eigenvalue weighted by molar-refractivity contribution is 9.10. The summed E-state index contributed by atoms with van der Waals surface area (Å²) in [7, 11) is 0. The summed E-state index contributed by atoms with van der Waals surface area (Å²) >= 11 is 3.38. The van der Waals surface area contributed by atoms with Gasteiger partial charge in [0.05, 0.1) is 0 Å². The number of amides is 1. The maximum absolute atomic E-state index is 13.2. The number of carbonyl (C=O) groups is 1. The molecule has 1 amide bonds. The van der Waals surface area contributed by atoms with Crippen molar-refractivity contribution in [2.45, 2.75) is 13.8 Å². The zero-order chi connectivity index (χ0) is 14.0. The summed E-state index contributed by atoms with van der Waals surface area (Å²) in [5, 5.41) is 2.69. The molecule has 0 spiro atoms. The van der Waals surface area contributed by atoms with Crippen molar-refractivity contribution in [1.82, 2.24) is 0 Å². The van der Waals surface area contributed by atoms with Crippen LogP contribution >= 0.6 is 15.9 Å². The van der Waals surface area contributed by atoms with Gasteiger partial charge in [-0.15, -0.1) is 0 Å². The summed E-state index contributed by atoms with van der Waals surface area (Å²) in [6.07, 6.45) is 0. The Balaban J connectivity index is 2.22. The van der Waals surface area contributed by atoms with Crippen LogP contribution in [0.3, 0.4) is 0 Å². The van der Waals surface area contributed by atoms with E-state index in [4.69, 9.17) is 0 Å². The van der Waals surface area contributed by atoms with E-state index in [-0.39, 0.29) is 11.7 Å². The molecule has 0 aliphatic rings. The highest BCUT2D eigenvalue weighted by Crippen LogP contribution is 2.19. The molecule has 2 rings (SSSR count). The molecule has 0 bridgehead atoms. The third-order valence-corrected chi connectivity index (χ3v) is 3.61. The largest absolute Gasteiger partial charge is 0.322 e. The van der Waals surface area contributed by atoms with Crippen molar-refractivity contribution in [2.24, 2.45) is 0 Å². The molecule has 0 aromatic heterocycles. The topological polar surface area (TPSA) is 29.1 Å². The number of hydrogen-bond acceptors (Lipinski definition) is 1. The van der Waals surface area contributed by atoms with Crippen molar-refractivity contribution < 1.29 is 9.18 Å². The summed E-state index contributed by atoms with van der Waals surface area (Å²) in [6, 6.07) is 9.77. The number of carbonyl (C=O) groups excluding carboxylic acids is 1. The predicted octanol–water partition coefficient (Wildman–Crippen LogP) is 4.46. The quantitative estimate of drug-likeness (QED) is 0.869. The second kappa shape index (κ2) is 5.53. The third-order valence-electron chi connectivity index (χ3n) is 2.72. The van der Waals surface area contributed by atoms with Crippen LogP contribution < -0.4 is 5.32 Å². The monoisotopic (exact) mass is 321 g/mol. The van der Waals surface area contributed by atoms with Crippen molar-refractivity contribution in [3.63, 3.8) is 0 Å². The Hall–Kier alpha value is -1.68. The molecule has 0 aliphatic heterocycles. The zero-order valence-corrected chi connectivity index (χ0v) is 12.2. The van der Waals surface area contributed by atoms with Gasteiger partial charge in [-0.25, -0.2) is 4.39 Å². The number of halogens is 2. The summed E-state index contributed by atoms with van der Waals surface area (Å²) in [5.41, 5.74) is 2.75. The van der Waals surface area contributed by atoms with Gasteiger partial charge in [0.15, 0.2) is 0 Å². The maximum atomic E-state index is 13.2. The first-order chi connectivity index (χ1) is 8.95. The van der Waals surface area contributed by atoms with Gasteiger partial charge < -0.3 is 5.32 Å². The molecule has 19 heavy (non-hydrogen) atoms. The van der Waals surface area contributed by atoms with Gasteiger partial charge in [-0.1, -0.05) is 15.9 Å². The Bertz CT molecular complexity index is 620. The van der Waals surface area contributed by atoms with E-state index in [1.165, 1.54) is 12.1 Å². The fourth-order valence-electron chi connectivity index (χ4n) is 1.80. The zero-order valence-electron chi connectivity index (χ0n) is 10.6. The van der Waals surface area contributed by atoms with Crippen LogP contribution in [0.5, 0.6) is 0 Å². The van der Waals surface area contributed by atoms with Crippen molar-refractivity contribution in [2.75, 3.05) is 5.32 Å². The number of hydrogen-bond donors (Lipinski definition) is 1. The van der Waals surface area contributed by atoms with Crippen molar-refractivity contribution in [3.8, 4) is 0 Å². The van der Waals surface area contributed by atoms with Crippen LogP contribution in [0.25, 0.3) is 0 Å². The second-order valence-electron chi connectivity index (χ2n) is 4.44. The number of aryl methyl sites for hydroxylation is 2. The molecule has 98 valence electrons. The van der Waals surface area contributed by atoms with E-state index < -0.39 is 0 Å². The van der Waals surface area contributed by atoms with Crippen LogP contribution in [-0.4, -0.2) is 5.91 Å². The molecule has 2 nitrogen and oxygen atoms in total. The lowest BCUT2D eigenvalue weighted by molar-refractivity contribution is 0.102. The first-order valence-electron chi connectivity index (χ1n) is 5.80. The smallest absolute Gasteiger partial charge is 0.255 e. The Morgan fingerprint density at radius 3 is 2.53 bits per heavy atom. The van der Waals surface area contributed by atoms with Gasteiger partial charge >= 0.3 is 0 Å². The number of nitrogens with one attached hydrogen (secondary N) is 1. The van der Waals surface area contributed by atoms with E-state index in [1.54, 1.807) is 25.1 Å². The van der Waals surface area contributed by atoms with E-state index >= 15 is 0 Å². The van der Waals surface area contributed by atoms with Gasteiger partial charge in [0.2, 0.25) is 0 Å². The average molecular weight is 322 g/mol. The molecular weight excluding hydrogens is 309 g/mol. The molecule has 0 saturated heterocycles. The molecule has 0 atom stereocenters. The van der Waals surface area contributed by atoms with Crippen LogP contribution in [0.4, 0.5) is 10.1 Å². The van der Waals surface area contributed by atoms with E-state index in [9.17, 15) is 9.18 Å². The summed E-state index contributed by atoms with van der Waals surface area (Å²) in [6.45, 7) is 3.69. The lowest BCUT2D eigenvalue weighted by Crippen LogP contribution is -2.12. The van der Waals surface area contributed by atoms with Gasteiger partial charge in [-0.05, 0) is 61.4 Å². The van der Waals surface area contributed by atoms with E-state index in [2.05, 4.69) is 21.2 Å². The van der Waals surface area contributed by atoms with Crippen LogP contribution in [0.2, 0.25) is 0 Å². The van der Waals surface area contributed by atoms with Crippen LogP contribution in [0, 0.1) is 19.7 Å². The summed E-state index contributed by atoms with van der Waals surface area (Å²) in [4.78, 5) is 12.1. The normalized spacial score (nSPS) is 10.3. The molecule has 0 aliphatic carbocycles. The maximum Gasteiger partial charge on any atom is 0.255 e. The van der Waals surface area contributed by atoms with E-state index in [0.717, 1.165) is 15.6 Å². The Labute approximate surface area is 119 Å². The van der Waals surface area contributed by atoms with Crippen molar-refractivity contribution in [3.05, 3.63) is 63.4 Å². The minimum atomic E-state index is -0.359. The first kappa shape index (κ1) is 13.7. The lowest BCUT2D eigenvalue weighted by atomic mass is 10.1. The van der Waals surface area contributed by atoms with Crippen molar-refractivity contribution >= 4 is 27.5 Å². The molecule has 2 aromatic rings. The lowest BCUT2D eigenvalue weighted by Gasteiger charge is -2.08. The minimum Gasteiger partial charge on any atom is -0.322 e. The molecule has 4 heteroatoms. The molecule has 0 unspecified atom stereocenters. The highest BCUT2D eigenvalue weighted by Gasteiger charge is 2.08. The van der Waals surface area contributed by atoms with Gasteiger partial charge in [0.25, 0.3) is 5.91 Å². The molecule has 1 N–H and O–H groups in total. The third kappa shape index (κ3) is 3.41. The molecule has 0 saturated carbocycles. The molecular formula is C15H13BrFNO. The van der Waals surface area contributed by atoms with Gasteiger partial charge in [0.1, 0.15) is 5.82 Å². The Morgan fingerprint density at radius 1 is 1.16 bits per heavy atom.